The Morgan fingerprint density at radius 3 is 3.00 bits per heavy atom. The molecule has 1 heterocycles. The molecule has 1 rings (SSSR count). The van der Waals surface area contributed by atoms with Gasteiger partial charge >= 0.3 is 0 Å². The van der Waals surface area contributed by atoms with Crippen molar-refractivity contribution in [3.8, 4) is 0 Å². The summed E-state index contributed by atoms with van der Waals surface area (Å²) in [6.45, 7) is 2.65. The maximum Gasteiger partial charge on any atom is 0.129 e. The van der Waals surface area contributed by atoms with Crippen molar-refractivity contribution in [2.45, 2.75) is 19.6 Å². The zero-order valence-electron chi connectivity index (χ0n) is 8.40. The van der Waals surface area contributed by atoms with Crippen molar-refractivity contribution in [1.82, 2.24) is 9.97 Å². The minimum absolute atomic E-state index is 0.393. The van der Waals surface area contributed by atoms with Gasteiger partial charge in [-0.3, -0.25) is 0 Å². The highest BCUT2D eigenvalue weighted by Crippen LogP contribution is 2.04. The van der Waals surface area contributed by atoms with E-state index in [1.165, 1.54) is 6.33 Å². The monoisotopic (exact) mass is 197 g/mol. The molecule has 0 saturated heterocycles. The van der Waals surface area contributed by atoms with Crippen LogP contribution in [0.15, 0.2) is 12.4 Å². The van der Waals surface area contributed by atoms with Crippen molar-refractivity contribution in [3.63, 3.8) is 0 Å². The number of aliphatic hydroxyl groups is 1. The molecule has 1 aromatic heterocycles. The second-order valence-corrected chi connectivity index (χ2v) is 3.06. The quantitative estimate of drug-likeness (QED) is 0.716. The fourth-order valence-electron chi connectivity index (χ4n) is 0.973. The van der Waals surface area contributed by atoms with Gasteiger partial charge < -0.3 is 15.2 Å². The Kier molecular flexibility index (Phi) is 4.28. The Morgan fingerprint density at radius 2 is 2.36 bits per heavy atom. The fraction of sp³-hybridized carbons (Fsp3) is 0.556. The Balaban J connectivity index is 2.54. The Labute approximate surface area is 83.2 Å². The molecule has 0 bridgehead atoms. The van der Waals surface area contributed by atoms with Crippen LogP contribution in [0.1, 0.15) is 12.6 Å². The minimum atomic E-state index is -0.393. The summed E-state index contributed by atoms with van der Waals surface area (Å²) in [5.74, 6) is 0.702. The molecule has 5 nitrogen and oxygen atoms in total. The fourth-order valence-corrected chi connectivity index (χ4v) is 0.973. The van der Waals surface area contributed by atoms with Crippen molar-refractivity contribution in [2.24, 2.45) is 0 Å². The molecule has 0 radical (unpaired) electrons. The van der Waals surface area contributed by atoms with Crippen LogP contribution >= 0.6 is 0 Å². The average molecular weight is 197 g/mol. The van der Waals surface area contributed by atoms with Crippen LogP contribution in [0.25, 0.3) is 0 Å². The van der Waals surface area contributed by atoms with E-state index in [4.69, 9.17) is 9.84 Å². The Morgan fingerprint density at radius 1 is 1.57 bits per heavy atom. The van der Waals surface area contributed by atoms with Gasteiger partial charge in [0.15, 0.2) is 0 Å². The molecule has 78 valence electrons. The highest BCUT2D eigenvalue weighted by molar-refractivity contribution is 5.34. The van der Waals surface area contributed by atoms with E-state index in [1.807, 2.05) is 0 Å². The predicted molar refractivity (Wildman–Crippen MR) is 52.9 cm³/mol. The molecular weight excluding hydrogens is 182 g/mol. The number of aromatic nitrogens is 2. The molecule has 0 spiro atoms. The van der Waals surface area contributed by atoms with Gasteiger partial charge in [0, 0.05) is 19.7 Å². The number of ether oxygens (including phenoxy) is 1. The number of aliphatic hydroxyl groups excluding tert-OH is 1. The van der Waals surface area contributed by atoms with Gasteiger partial charge in [0.2, 0.25) is 0 Å². The molecule has 14 heavy (non-hydrogen) atoms. The third-order valence-electron chi connectivity index (χ3n) is 1.59. The smallest absolute Gasteiger partial charge is 0.129 e. The minimum Gasteiger partial charge on any atom is -0.392 e. The van der Waals surface area contributed by atoms with Crippen LogP contribution in [-0.4, -0.2) is 34.8 Å². The number of hydrogen-bond donors (Lipinski definition) is 2. The van der Waals surface area contributed by atoms with Gasteiger partial charge in [-0.05, 0) is 6.92 Å². The molecule has 0 saturated carbocycles. The Hall–Kier alpha value is -1.20. The first-order valence-electron chi connectivity index (χ1n) is 4.44. The van der Waals surface area contributed by atoms with Crippen LogP contribution in [0.5, 0.6) is 0 Å². The average Bonchev–Trinajstić information content (AvgIpc) is 2.16. The van der Waals surface area contributed by atoms with E-state index in [0.717, 1.165) is 5.69 Å². The number of nitrogens with zero attached hydrogens (tertiary/aromatic N) is 2. The van der Waals surface area contributed by atoms with E-state index in [1.54, 1.807) is 20.1 Å². The van der Waals surface area contributed by atoms with Crippen molar-refractivity contribution in [1.29, 1.82) is 0 Å². The zero-order valence-corrected chi connectivity index (χ0v) is 8.40. The normalized spacial score (nSPS) is 12.5. The molecule has 1 unspecified atom stereocenters. The van der Waals surface area contributed by atoms with E-state index < -0.39 is 6.10 Å². The lowest BCUT2D eigenvalue weighted by molar-refractivity contribution is 0.181. The van der Waals surface area contributed by atoms with Crippen molar-refractivity contribution >= 4 is 5.82 Å². The van der Waals surface area contributed by atoms with Crippen LogP contribution < -0.4 is 5.32 Å². The number of nitrogens with one attached hydrogen (secondary N) is 1. The lowest BCUT2D eigenvalue weighted by atomic mass is 10.3. The molecule has 0 aliphatic carbocycles. The number of methoxy groups -OCH3 is 1. The van der Waals surface area contributed by atoms with E-state index in [0.29, 0.717) is 19.0 Å². The first kappa shape index (κ1) is 10.9. The maximum atomic E-state index is 9.06. The van der Waals surface area contributed by atoms with Gasteiger partial charge in [0.25, 0.3) is 0 Å². The summed E-state index contributed by atoms with van der Waals surface area (Å²) < 4.78 is 4.94. The van der Waals surface area contributed by atoms with Crippen LogP contribution in [0, 0.1) is 0 Å². The molecule has 2 N–H and O–H groups in total. The molecule has 1 aromatic rings. The first-order valence-corrected chi connectivity index (χ1v) is 4.44. The van der Waals surface area contributed by atoms with E-state index >= 15 is 0 Å². The molecule has 1 atom stereocenters. The zero-order chi connectivity index (χ0) is 10.4. The van der Waals surface area contributed by atoms with Crippen LogP contribution in [0.4, 0.5) is 5.82 Å². The van der Waals surface area contributed by atoms with Gasteiger partial charge in [-0.25, -0.2) is 9.97 Å². The number of rotatable bonds is 5. The highest BCUT2D eigenvalue weighted by atomic mass is 16.5. The van der Waals surface area contributed by atoms with Gasteiger partial charge in [-0.1, -0.05) is 0 Å². The van der Waals surface area contributed by atoms with Gasteiger partial charge in [-0.15, -0.1) is 0 Å². The summed E-state index contributed by atoms with van der Waals surface area (Å²) in [5.41, 5.74) is 0.815. The van der Waals surface area contributed by atoms with E-state index in [9.17, 15) is 0 Å². The topological polar surface area (TPSA) is 67.3 Å². The summed E-state index contributed by atoms with van der Waals surface area (Å²) in [6, 6.07) is 1.80. The summed E-state index contributed by atoms with van der Waals surface area (Å²) in [6.07, 6.45) is 1.08. The summed E-state index contributed by atoms with van der Waals surface area (Å²) in [4.78, 5) is 8.02. The molecule has 0 aliphatic heterocycles. The van der Waals surface area contributed by atoms with Gasteiger partial charge in [0.1, 0.15) is 12.1 Å². The lowest BCUT2D eigenvalue weighted by Gasteiger charge is -2.07. The molecule has 0 amide bonds. The second kappa shape index (κ2) is 5.51. The SMILES string of the molecule is COCc1cc(NCC(C)O)ncn1. The van der Waals surface area contributed by atoms with Crippen molar-refractivity contribution < 1.29 is 9.84 Å². The van der Waals surface area contributed by atoms with E-state index in [-0.39, 0.29) is 0 Å². The van der Waals surface area contributed by atoms with Crippen molar-refractivity contribution in [2.75, 3.05) is 19.0 Å². The van der Waals surface area contributed by atoms with Crippen LogP contribution in [-0.2, 0) is 11.3 Å². The van der Waals surface area contributed by atoms with E-state index in [2.05, 4.69) is 15.3 Å². The third kappa shape index (κ3) is 3.68. The lowest BCUT2D eigenvalue weighted by Crippen LogP contribution is -2.16. The highest BCUT2D eigenvalue weighted by Gasteiger charge is 1.99. The molecule has 0 fully saturated rings. The first-order chi connectivity index (χ1) is 6.72. The third-order valence-corrected chi connectivity index (χ3v) is 1.59. The van der Waals surface area contributed by atoms with Crippen LogP contribution in [0.2, 0.25) is 0 Å². The summed E-state index contributed by atoms with van der Waals surface area (Å²) in [5, 5.41) is 12.0. The van der Waals surface area contributed by atoms with Crippen LogP contribution in [0.3, 0.4) is 0 Å². The molecule has 0 aliphatic rings. The Bertz CT molecular complexity index is 279. The molecular formula is C9H15N3O2. The predicted octanol–water partition coefficient (Wildman–Crippen LogP) is 0.416. The maximum absolute atomic E-state index is 9.06. The molecule has 5 heteroatoms. The molecule has 0 aromatic carbocycles. The standard InChI is InChI=1S/C9H15N3O2/c1-7(13)4-10-9-3-8(5-14-2)11-6-12-9/h3,6-7,13H,4-5H2,1-2H3,(H,10,11,12). The largest absolute Gasteiger partial charge is 0.392 e. The summed E-state index contributed by atoms with van der Waals surface area (Å²) in [7, 11) is 1.62. The summed E-state index contributed by atoms with van der Waals surface area (Å²) >= 11 is 0. The van der Waals surface area contributed by atoms with Gasteiger partial charge in [-0.2, -0.15) is 0 Å². The van der Waals surface area contributed by atoms with Crippen molar-refractivity contribution in [3.05, 3.63) is 18.1 Å². The van der Waals surface area contributed by atoms with Gasteiger partial charge in [0.05, 0.1) is 18.4 Å². The second-order valence-electron chi connectivity index (χ2n) is 3.06. The number of anilines is 1. The number of hydrogen-bond acceptors (Lipinski definition) is 5.